The van der Waals surface area contributed by atoms with Gasteiger partial charge in [0.2, 0.25) is 0 Å². The second-order valence-electron chi connectivity index (χ2n) is 2.76. The smallest absolute Gasteiger partial charge is 0.194 e. The van der Waals surface area contributed by atoms with Gasteiger partial charge in [0.25, 0.3) is 0 Å². The average molecular weight is 211 g/mol. The maximum absolute atomic E-state index is 9.63. The van der Waals surface area contributed by atoms with Crippen LogP contribution in [0.3, 0.4) is 0 Å². The van der Waals surface area contributed by atoms with Crippen molar-refractivity contribution in [1.82, 2.24) is 0 Å². The van der Waals surface area contributed by atoms with Crippen molar-refractivity contribution in [2.24, 2.45) is 0 Å². The molecule has 0 amide bonds. The van der Waals surface area contributed by atoms with E-state index in [0.29, 0.717) is 0 Å². The Labute approximate surface area is 84.4 Å². The van der Waals surface area contributed by atoms with Gasteiger partial charge in [-0.2, -0.15) is 0 Å². The number of nitrogens with one attached hydrogen (secondary N) is 1. The number of sulfone groups is 1. The number of benzene rings is 1. The van der Waals surface area contributed by atoms with Crippen LogP contribution in [0.15, 0.2) is 41.1 Å². The number of hydrogen-bond donors (Lipinski definition) is 1. The fourth-order valence-electron chi connectivity index (χ4n) is 0.805. The molecule has 0 aromatic heterocycles. The molecule has 0 radical (unpaired) electrons. The molecule has 1 aromatic carbocycles. The fourth-order valence-corrected chi connectivity index (χ4v) is 1.17. The predicted molar refractivity (Wildman–Crippen MR) is 58.7 cm³/mol. The monoisotopic (exact) mass is 211 g/mol. The minimum absolute atomic E-state index is 0.990. The van der Waals surface area contributed by atoms with Crippen molar-refractivity contribution in [3.8, 4) is 0 Å². The minimum atomic E-state index is -2.67. The van der Waals surface area contributed by atoms with E-state index in [0.717, 1.165) is 17.4 Å². The minimum Gasteiger partial charge on any atom is -0.385 e. The standard InChI is InChI=1S/C8H11N.C2H2O2S/c1-2-9-8-6-4-3-5-7-8;3-5(4)1-2-5/h3-7,9H,2H2,1H3;1-2H. The van der Waals surface area contributed by atoms with Crippen LogP contribution in [0.25, 0.3) is 0 Å². The molecule has 0 aliphatic carbocycles. The van der Waals surface area contributed by atoms with Gasteiger partial charge in [0, 0.05) is 23.0 Å². The maximum Gasteiger partial charge on any atom is 0.194 e. The van der Waals surface area contributed by atoms with Gasteiger partial charge in [-0.15, -0.1) is 0 Å². The third kappa shape index (κ3) is 4.67. The number of hydrogen-bond acceptors (Lipinski definition) is 3. The molecule has 1 aromatic rings. The molecule has 2 rings (SSSR count). The Kier molecular flexibility index (Phi) is 3.71. The summed E-state index contributed by atoms with van der Waals surface area (Å²) in [4.78, 5) is 0. The molecule has 4 heteroatoms. The van der Waals surface area contributed by atoms with Gasteiger partial charge in [0.1, 0.15) is 0 Å². The third-order valence-electron chi connectivity index (χ3n) is 1.51. The SMILES string of the molecule is CCNc1ccccc1.O=S1(=O)C=C1. The topological polar surface area (TPSA) is 46.2 Å². The largest absolute Gasteiger partial charge is 0.385 e. The molecule has 76 valence electrons. The molecule has 0 spiro atoms. The van der Waals surface area contributed by atoms with Gasteiger partial charge in [-0.3, -0.25) is 0 Å². The summed E-state index contributed by atoms with van der Waals surface area (Å²) in [6, 6.07) is 10.2. The summed E-state index contributed by atoms with van der Waals surface area (Å²) < 4.78 is 19.3. The summed E-state index contributed by atoms with van der Waals surface area (Å²) in [5.74, 6) is 0. The molecule has 14 heavy (non-hydrogen) atoms. The first-order chi connectivity index (χ1) is 6.64. The maximum atomic E-state index is 9.63. The van der Waals surface area contributed by atoms with Crippen molar-refractivity contribution in [3.05, 3.63) is 41.1 Å². The van der Waals surface area contributed by atoms with Crippen LogP contribution in [-0.2, 0) is 9.84 Å². The van der Waals surface area contributed by atoms with E-state index in [2.05, 4.69) is 24.4 Å². The molecule has 1 aliphatic heterocycles. The third-order valence-corrected chi connectivity index (χ3v) is 2.23. The van der Waals surface area contributed by atoms with Gasteiger partial charge in [-0.05, 0) is 19.1 Å². The van der Waals surface area contributed by atoms with E-state index in [1.807, 2.05) is 18.2 Å². The molecule has 1 aliphatic rings. The summed E-state index contributed by atoms with van der Waals surface area (Å²) in [5.41, 5.74) is 1.19. The lowest BCUT2D eigenvalue weighted by Gasteiger charge is -1.99. The summed E-state index contributed by atoms with van der Waals surface area (Å²) >= 11 is 0. The lowest BCUT2D eigenvalue weighted by molar-refractivity contribution is 0.617. The number of anilines is 1. The van der Waals surface area contributed by atoms with Crippen LogP contribution in [0.2, 0.25) is 0 Å². The zero-order valence-electron chi connectivity index (χ0n) is 7.97. The Balaban J connectivity index is 0.000000165. The van der Waals surface area contributed by atoms with Crippen LogP contribution in [0.1, 0.15) is 6.92 Å². The lowest BCUT2D eigenvalue weighted by Crippen LogP contribution is -1.94. The van der Waals surface area contributed by atoms with Crippen LogP contribution >= 0.6 is 0 Å². The highest BCUT2D eigenvalue weighted by Gasteiger charge is 2.11. The Bertz CT molecular complexity index is 367. The van der Waals surface area contributed by atoms with Crippen molar-refractivity contribution >= 4 is 15.5 Å². The van der Waals surface area contributed by atoms with Crippen LogP contribution in [0, 0.1) is 0 Å². The van der Waals surface area contributed by atoms with Crippen LogP contribution in [0.4, 0.5) is 5.69 Å². The first kappa shape index (κ1) is 10.8. The molecule has 0 fully saturated rings. The lowest BCUT2D eigenvalue weighted by atomic mass is 10.3. The zero-order chi connectivity index (χ0) is 10.4. The molecule has 1 N–H and O–H groups in total. The zero-order valence-corrected chi connectivity index (χ0v) is 8.79. The first-order valence-corrected chi connectivity index (χ1v) is 5.97. The van der Waals surface area contributed by atoms with E-state index in [4.69, 9.17) is 0 Å². The van der Waals surface area contributed by atoms with Gasteiger partial charge < -0.3 is 5.32 Å². The van der Waals surface area contributed by atoms with E-state index in [1.54, 1.807) is 0 Å². The highest BCUT2D eigenvalue weighted by atomic mass is 32.2. The highest BCUT2D eigenvalue weighted by molar-refractivity contribution is 8.03. The second-order valence-corrected chi connectivity index (χ2v) is 4.48. The van der Waals surface area contributed by atoms with Crippen LogP contribution in [0.5, 0.6) is 0 Å². The predicted octanol–water partition coefficient (Wildman–Crippen LogP) is 2.00. The molecular formula is C10H13NO2S. The Morgan fingerprint density at radius 2 is 1.64 bits per heavy atom. The summed E-state index contributed by atoms with van der Waals surface area (Å²) in [5, 5.41) is 5.53. The van der Waals surface area contributed by atoms with Gasteiger partial charge in [-0.1, -0.05) is 18.2 Å². The molecule has 0 atom stereocenters. The molecule has 0 bridgehead atoms. The van der Waals surface area contributed by atoms with Crippen molar-refractivity contribution in [1.29, 1.82) is 0 Å². The van der Waals surface area contributed by atoms with E-state index in [-0.39, 0.29) is 0 Å². The summed E-state index contributed by atoms with van der Waals surface area (Å²) in [7, 11) is -2.67. The number of rotatable bonds is 2. The second kappa shape index (κ2) is 4.81. The average Bonchev–Trinajstić information content (AvgIpc) is 2.85. The molecular weight excluding hydrogens is 198 g/mol. The van der Waals surface area contributed by atoms with E-state index in [9.17, 15) is 8.42 Å². The molecule has 0 saturated carbocycles. The van der Waals surface area contributed by atoms with E-state index >= 15 is 0 Å². The van der Waals surface area contributed by atoms with E-state index in [1.165, 1.54) is 5.69 Å². The normalized spacial score (nSPS) is 15.2. The number of para-hydroxylation sites is 1. The Hall–Kier alpha value is -1.29. The molecule has 0 unspecified atom stereocenters. The summed E-state index contributed by atoms with van der Waals surface area (Å²) in [6.07, 6.45) is 0. The van der Waals surface area contributed by atoms with Crippen molar-refractivity contribution in [2.45, 2.75) is 6.92 Å². The van der Waals surface area contributed by atoms with Gasteiger partial charge in [0.15, 0.2) is 9.84 Å². The summed E-state index contributed by atoms with van der Waals surface area (Å²) in [6.45, 7) is 3.08. The van der Waals surface area contributed by atoms with Crippen molar-refractivity contribution < 1.29 is 8.42 Å². The molecule has 1 heterocycles. The quantitative estimate of drug-likeness (QED) is 0.814. The van der Waals surface area contributed by atoms with Gasteiger partial charge in [0.05, 0.1) is 0 Å². The Morgan fingerprint density at radius 1 is 1.14 bits per heavy atom. The van der Waals surface area contributed by atoms with Crippen molar-refractivity contribution in [2.75, 3.05) is 11.9 Å². The molecule has 0 saturated heterocycles. The van der Waals surface area contributed by atoms with Crippen molar-refractivity contribution in [3.63, 3.8) is 0 Å². The molecule has 3 nitrogen and oxygen atoms in total. The van der Waals surface area contributed by atoms with Gasteiger partial charge in [-0.25, -0.2) is 8.42 Å². The van der Waals surface area contributed by atoms with E-state index < -0.39 is 9.84 Å². The van der Waals surface area contributed by atoms with Crippen LogP contribution in [-0.4, -0.2) is 15.0 Å². The Morgan fingerprint density at radius 3 is 2.00 bits per heavy atom. The van der Waals surface area contributed by atoms with Gasteiger partial charge >= 0.3 is 0 Å². The first-order valence-electron chi connectivity index (χ1n) is 4.36. The fraction of sp³-hybridized carbons (Fsp3) is 0.200. The van der Waals surface area contributed by atoms with Crippen LogP contribution < -0.4 is 5.32 Å². The highest BCUT2D eigenvalue weighted by Crippen LogP contribution is 2.07.